The van der Waals surface area contributed by atoms with Gasteiger partial charge in [-0.2, -0.15) is 10.2 Å². The number of ketones is 1. The maximum absolute atomic E-state index is 15.3. The number of aromatic amines is 4. The van der Waals surface area contributed by atoms with Crippen LogP contribution in [-0.4, -0.2) is 99.4 Å². The molecule has 0 saturated heterocycles. The minimum absolute atomic E-state index is 0.0140. The molecule has 6 aromatic heterocycles. The fourth-order valence-electron chi connectivity index (χ4n) is 10.8. The van der Waals surface area contributed by atoms with Crippen molar-refractivity contribution in [2.45, 2.75) is 101 Å². The van der Waals surface area contributed by atoms with E-state index in [1.54, 1.807) is 0 Å². The molecule has 2 fully saturated rings. The van der Waals surface area contributed by atoms with Crippen LogP contribution in [0.5, 0.6) is 11.5 Å². The fourth-order valence-corrected chi connectivity index (χ4v) is 12.1. The van der Waals surface area contributed by atoms with Crippen molar-refractivity contribution in [3.8, 4) is 34.5 Å². The van der Waals surface area contributed by atoms with Crippen LogP contribution in [0, 0.1) is 0 Å². The van der Waals surface area contributed by atoms with Crippen molar-refractivity contribution >= 4 is 74.0 Å². The zero-order valence-electron chi connectivity index (χ0n) is 36.4. The van der Waals surface area contributed by atoms with E-state index in [0.29, 0.717) is 118 Å². The lowest BCUT2D eigenvalue weighted by Gasteiger charge is -2.59. The average Bonchev–Trinajstić information content (AvgIpc) is 4.14. The Morgan fingerprint density at radius 3 is 1.41 bits per heavy atom. The van der Waals surface area contributed by atoms with Gasteiger partial charge < -0.3 is 29.7 Å². The molecular weight excluding hydrogens is 954 g/mol. The lowest BCUT2D eigenvalue weighted by Crippen LogP contribution is -2.74. The summed E-state index contributed by atoms with van der Waals surface area (Å²) in [6.45, 7) is 5.42. The van der Waals surface area contributed by atoms with Crippen molar-refractivity contribution in [2.75, 3.05) is 0 Å². The number of imidazole rings is 2. The Balaban J connectivity index is 0.760. The van der Waals surface area contributed by atoms with Gasteiger partial charge in [-0.3, -0.25) is 34.8 Å². The molecule has 2 atom stereocenters. The number of carbonyl (C=O) groups is 1. The van der Waals surface area contributed by atoms with E-state index in [2.05, 4.69) is 50.1 Å². The molecule has 2 unspecified atom stereocenters. The summed E-state index contributed by atoms with van der Waals surface area (Å²) >= 11 is 25.7. The number of fused-ring (bicyclic) bond motifs is 4. The van der Waals surface area contributed by atoms with Gasteiger partial charge in [-0.15, -0.1) is 0 Å². The number of ether oxygens (including phenoxy) is 2. The standard InChI is InChI=1S/C47H42Cl4N12O5/c1-21(39-29(48)13-52-14-30(39)49)67-25-3-5-33-27(7-25)41(60-58-33)43-54-35-17-62(18-36(35)55-43)46(9-23(64)10-46)45(66)47(11-24(65)12-47)63-19-37-38(20-63)57-44(56-37)42-28-8-26(4-6-34(28)59-61-42)68-22(2)40-31(50)15-53-16-32(40)51/h3-8,13-16,21-24,64-65H,9-12,17-20H2,1-2H3,(H,54,55)(H,56,57)(H,58,60)(H,59,61). The summed E-state index contributed by atoms with van der Waals surface area (Å²) in [5.41, 5.74) is 5.64. The van der Waals surface area contributed by atoms with Crippen molar-refractivity contribution in [3.05, 3.63) is 115 Å². The molecule has 0 radical (unpaired) electrons. The summed E-state index contributed by atoms with van der Waals surface area (Å²) in [6, 6.07) is 11.3. The van der Waals surface area contributed by atoms with Gasteiger partial charge in [0.2, 0.25) is 0 Å². The highest BCUT2D eigenvalue weighted by Gasteiger charge is 2.65. The van der Waals surface area contributed by atoms with Crippen LogP contribution in [0.2, 0.25) is 20.1 Å². The number of aliphatic hydroxyl groups is 2. The lowest BCUT2D eigenvalue weighted by molar-refractivity contribution is -0.177. The van der Waals surface area contributed by atoms with Gasteiger partial charge in [0.25, 0.3) is 0 Å². The normalized spacial score (nSPS) is 23.4. The fraction of sp³-hybridized carbons (Fsp3) is 0.340. The highest BCUT2D eigenvalue weighted by Crippen LogP contribution is 2.52. The van der Waals surface area contributed by atoms with E-state index in [4.69, 9.17) is 65.8 Å². The number of nitrogens with one attached hydrogen (secondary N) is 4. The van der Waals surface area contributed by atoms with E-state index in [-0.39, 0.29) is 5.78 Å². The molecule has 21 heteroatoms. The summed E-state index contributed by atoms with van der Waals surface area (Å²) in [6.07, 6.45) is 5.18. The van der Waals surface area contributed by atoms with Crippen LogP contribution >= 0.6 is 46.4 Å². The molecule has 0 bridgehead atoms. The number of Topliss-reactive ketones (excluding diaryl/α,β-unsaturated/α-hetero) is 1. The predicted octanol–water partition coefficient (Wildman–Crippen LogP) is 8.59. The number of benzene rings is 2. The summed E-state index contributed by atoms with van der Waals surface area (Å²) in [5, 5.41) is 40.4. The molecule has 17 nitrogen and oxygen atoms in total. The quantitative estimate of drug-likeness (QED) is 0.0676. The van der Waals surface area contributed by atoms with Crippen LogP contribution in [0.4, 0.5) is 0 Å². The van der Waals surface area contributed by atoms with Gasteiger partial charge in [0, 0.05) is 72.9 Å². The first kappa shape index (κ1) is 43.6. The number of rotatable bonds is 12. The number of H-pyrrole nitrogens is 4. The van der Waals surface area contributed by atoms with Gasteiger partial charge in [-0.25, -0.2) is 9.97 Å². The second kappa shape index (κ2) is 16.2. The number of aromatic nitrogens is 10. The number of aliphatic hydroxyl groups excluding tert-OH is 2. The Morgan fingerprint density at radius 1 is 0.647 bits per heavy atom. The molecule has 0 amide bonds. The third-order valence-corrected chi connectivity index (χ3v) is 15.4. The largest absolute Gasteiger partial charge is 0.486 e. The van der Waals surface area contributed by atoms with Crippen molar-refractivity contribution in [2.24, 2.45) is 0 Å². The maximum Gasteiger partial charge on any atom is 0.173 e. The molecule has 68 heavy (non-hydrogen) atoms. The van der Waals surface area contributed by atoms with E-state index in [1.807, 2.05) is 50.2 Å². The number of hydrogen-bond acceptors (Lipinski definition) is 13. The van der Waals surface area contributed by atoms with Crippen LogP contribution in [0.1, 0.15) is 85.6 Å². The molecular formula is C47H42Cl4N12O5. The summed E-state index contributed by atoms with van der Waals surface area (Å²) in [5.74, 6) is 2.39. The molecule has 4 aliphatic rings. The molecule has 2 saturated carbocycles. The molecule has 0 spiro atoms. The monoisotopic (exact) mass is 994 g/mol. The minimum atomic E-state index is -0.946. The van der Waals surface area contributed by atoms with Crippen LogP contribution < -0.4 is 9.47 Å². The first-order chi connectivity index (χ1) is 32.8. The number of halogens is 4. The van der Waals surface area contributed by atoms with Gasteiger partial charge in [0.15, 0.2) is 17.4 Å². The van der Waals surface area contributed by atoms with Gasteiger partial charge in [0.05, 0.1) is 77.2 Å². The second-order valence-electron chi connectivity index (χ2n) is 18.4. The third kappa shape index (κ3) is 7.00. The van der Waals surface area contributed by atoms with Gasteiger partial charge in [-0.05, 0) is 75.9 Å². The number of nitrogens with zero attached hydrogens (tertiary/aromatic N) is 8. The second-order valence-corrected chi connectivity index (χ2v) is 20.0. The van der Waals surface area contributed by atoms with Crippen molar-refractivity contribution in [1.82, 2.24) is 60.1 Å². The van der Waals surface area contributed by atoms with E-state index < -0.39 is 35.5 Å². The Hall–Kier alpha value is -5.63. The third-order valence-electron chi connectivity index (χ3n) is 14.2. The molecule has 2 aliphatic carbocycles. The molecule has 8 heterocycles. The predicted molar refractivity (Wildman–Crippen MR) is 253 cm³/mol. The summed E-state index contributed by atoms with van der Waals surface area (Å²) < 4.78 is 12.6. The maximum atomic E-state index is 15.3. The van der Waals surface area contributed by atoms with E-state index >= 15 is 4.79 Å². The summed E-state index contributed by atoms with van der Waals surface area (Å²) in [4.78, 5) is 44.7. The number of carbonyl (C=O) groups excluding carboxylic acids is 1. The zero-order valence-corrected chi connectivity index (χ0v) is 39.5. The van der Waals surface area contributed by atoms with Gasteiger partial charge in [0.1, 0.15) is 35.1 Å². The Labute approximate surface area is 407 Å². The average molecular weight is 997 g/mol. The zero-order chi connectivity index (χ0) is 46.8. The highest BCUT2D eigenvalue weighted by atomic mass is 35.5. The molecule has 12 rings (SSSR count). The van der Waals surface area contributed by atoms with Crippen molar-refractivity contribution in [1.29, 1.82) is 0 Å². The number of hydrogen-bond donors (Lipinski definition) is 6. The van der Waals surface area contributed by atoms with Crippen LogP contribution in [0.15, 0.2) is 61.2 Å². The van der Waals surface area contributed by atoms with Crippen molar-refractivity contribution in [3.63, 3.8) is 0 Å². The smallest absolute Gasteiger partial charge is 0.173 e. The highest BCUT2D eigenvalue weighted by molar-refractivity contribution is 6.36. The van der Waals surface area contributed by atoms with E-state index in [9.17, 15) is 10.2 Å². The summed E-state index contributed by atoms with van der Waals surface area (Å²) in [7, 11) is 0. The minimum Gasteiger partial charge on any atom is -0.486 e. The Kier molecular flexibility index (Phi) is 10.4. The van der Waals surface area contributed by atoms with Crippen LogP contribution in [-0.2, 0) is 31.0 Å². The number of pyridine rings is 2. The van der Waals surface area contributed by atoms with Gasteiger partial charge in [-0.1, -0.05) is 46.4 Å². The lowest BCUT2D eigenvalue weighted by atomic mass is 9.58. The van der Waals surface area contributed by atoms with Crippen LogP contribution in [0.25, 0.3) is 44.8 Å². The Bertz CT molecular complexity index is 3020. The SMILES string of the molecule is CC(Oc1ccc2[nH]nc(-c3nc4c([nH]3)CN(C3(C(=O)C5(N6Cc7nc(-c8n[nH]c9ccc(OC(C)c%10c(Cl)cncc%10Cl)cc89)[nH]c7C6)CC(O)C5)CC(O)C3)C4)c2c1)c1c(Cl)cncc1Cl. The molecule has 2 aliphatic heterocycles. The van der Waals surface area contributed by atoms with E-state index in [0.717, 1.165) is 44.6 Å². The molecule has 6 N–H and O–H groups in total. The molecule has 348 valence electrons. The Morgan fingerprint density at radius 2 is 1.04 bits per heavy atom. The first-order valence-electron chi connectivity index (χ1n) is 22.2. The molecule has 2 aromatic carbocycles. The van der Waals surface area contributed by atoms with Crippen LogP contribution in [0.3, 0.4) is 0 Å². The van der Waals surface area contributed by atoms with Gasteiger partial charge >= 0.3 is 0 Å². The first-order valence-corrected chi connectivity index (χ1v) is 23.7. The molecule has 8 aromatic rings. The van der Waals surface area contributed by atoms with E-state index in [1.165, 1.54) is 24.8 Å². The van der Waals surface area contributed by atoms with Crippen molar-refractivity contribution < 1.29 is 24.5 Å². The topological polar surface area (TPSA) is 223 Å².